The Kier molecular flexibility index (Phi) is 7.05. The van der Waals surface area contributed by atoms with Crippen LogP contribution < -0.4 is 4.90 Å². The summed E-state index contributed by atoms with van der Waals surface area (Å²) in [6.45, 7) is 5.26. The maximum atomic E-state index is 12.2. The average molecular weight is 351 g/mol. The van der Waals surface area contributed by atoms with Crippen molar-refractivity contribution in [1.29, 1.82) is 0 Å². The summed E-state index contributed by atoms with van der Waals surface area (Å²) in [6, 6.07) is 3.97. The summed E-state index contributed by atoms with van der Waals surface area (Å²) in [5.41, 5.74) is 0.645. The average Bonchev–Trinajstić information content (AvgIpc) is 3.21. The molecule has 6 nitrogen and oxygen atoms in total. The number of aromatic amines is 1. The minimum absolute atomic E-state index is 0.0851. The Morgan fingerprint density at radius 3 is 2.75 bits per heavy atom. The van der Waals surface area contributed by atoms with Crippen LogP contribution >= 0.6 is 11.8 Å². The number of rotatable bonds is 10. The molecule has 7 heteroatoms. The van der Waals surface area contributed by atoms with E-state index >= 15 is 0 Å². The fourth-order valence-electron chi connectivity index (χ4n) is 2.75. The quantitative estimate of drug-likeness (QED) is 0.508. The largest absolute Gasteiger partial charge is 0.359 e. The van der Waals surface area contributed by atoms with Crippen LogP contribution in [0.4, 0.5) is 0 Å². The summed E-state index contributed by atoms with van der Waals surface area (Å²) >= 11 is 1.47. The summed E-state index contributed by atoms with van der Waals surface area (Å²) in [5.74, 6) is 1.48. The van der Waals surface area contributed by atoms with Crippen LogP contribution in [0.15, 0.2) is 23.5 Å². The Balaban J connectivity index is 2.16. The number of nitrogens with one attached hydrogen (secondary N) is 2. The van der Waals surface area contributed by atoms with Crippen molar-refractivity contribution in [2.75, 3.05) is 19.8 Å². The predicted octanol–water partition coefficient (Wildman–Crippen LogP) is 1.98. The lowest BCUT2D eigenvalue weighted by Crippen LogP contribution is -3.06. The van der Waals surface area contributed by atoms with Crippen LogP contribution in [0.2, 0.25) is 0 Å². The minimum atomic E-state index is 0.0851. The van der Waals surface area contributed by atoms with Gasteiger partial charge in [0.1, 0.15) is 6.04 Å². The van der Waals surface area contributed by atoms with Crippen molar-refractivity contribution in [3.05, 3.63) is 29.8 Å². The lowest BCUT2D eigenvalue weighted by molar-refractivity contribution is -0.893. The predicted molar refractivity (Wildman–Crippen MR) is 96.6 cm³/mol. The first-order valence-electron chi connectivity index (χ1n) is 8.60. The Morgan fingerprint density at radius 2 is 2.17 bits per heavy atom. The Labute approximate surface area is 148 Å². The van der Waals surface area contributed by atoms with E-state index in [0.717, 1.165) is 36.8 Å². The molecule has 2 N–H and O–H groups in total. The second-order valence-electron chi connectivity index (χ2n) is 6.18. The third-order valence-electron chi connectivity index (χ3n) is 4.13. The highest BCUT2D eigenvalue weighted by Gasteiger charge is 2.25. The number of aromatic nitrogens is 4. The zero-order chi connectivity index (χ0) is 17.5. The molecule has 0 aliphatic carbocycles. The van der Waals surface area contributed by atoms with Crippen molar-refractivity contribution >= 4 is 17.5 Å². The van der Waals surface area contributed by atoms with Gasteiger partial charge >= 0.3 is 0 Å². The summed E-state index contributed by atoms with van der Waals surface area (Å²) in [4.78, 5) is 16.5. The van der Waals surface area contributed by atoms with E-state index in [9.17, 15) is 4.79 Å². The van der Waals surface area contributed by atoms with Crippen molar-refractivity contribution in [3.63, 3.8) is 0 Å². The molecule has 0 unspecified atom stereocenters. The lowest BCUT2D eigenvalue weighted by atomic mass is 10.2. The highest BCUT2D eigenvalue weighted by atomic mass is 32.2. The standard InChI is InChI=1S/C17H27N5OS/c1-5-7-11-22-16(14(6-2)21(3)4)19-20-17(22)24-12-15(23)13-9-8-10-18-13/h8-10,14,18H,5-7,11-12H2,1-4H3/p+1/t14-/m0/s1. The highest BCUT2D eigenvalue weighted by molar-refractivity contribution is 7.99. The number of hydrogen-bond donors (Lipinski definition) is 2. The van der Waals surface area contributed by atoms with E-state index in [0.29, 0.717) is 17.5 Å². The molecule has 0 saturated carbocycles. The molecule has 0 amide bonds. The second-order valence-corrected chi connectivity index (χ2v) is 7.12. The van der Waals surface area contributed by atoms with E-state index in [2.05, 4.69) is 47.7 Å². The van der Waals surface area contributed by atoms with Gasteiger partial charge in [-0.2, -0.15) is 0 Å². The molecule has 0 saturated heterocycles. The highest BCUT2D eigenvalue weighted by Crippen LogP contribution is 2.22. The zero-order valence-corrected chi connectivity index (χ0v) is 15.8. The van der Waals surface area contributed by atoms with Gasteiger partial charge in [0, 0.05) is 19.2 Å². The van der Waals surface area contributed by atoms with Gasteiger partial charge in [-0.3, -0.25) is 4.79 Å². The molecule has 0 spiro atoms. The van der Waals surface area contributed by atoms with E-state index in [1.165, 1.54) is 16.7 Å². The second kappa shape index (κ2) is 9.03. The van der Waals surface area contributed by atoms with Gasteiger partial charge in [-0.25, -0.2) is 0 Å². The first-order valence-corrected chi connectivity index (χ1v) is 9.59. The smallest absolute Gasteiger partial charge is 0.192 e. The fraction of sp³-hybridized carbons (Fsp3) is 0.588. The molecular formula is C17H28N5OS+. The van der Waals surface area contributed by atoms with Crippen LogP contribution in [0.25, 0.3) is 0 Å². The number of unbranched alkanes of at least 4 members (excludes halogenated alkanes) is 1. The van der Waals surface area contributed by atoms with Crippen LogP contribution in [-0.4, -0.2) is 45.4 Å². The van der Waals surface area contributed by atoms with Crippen LogP contribution in [0, 0.1) is 0 Å². The van der Waals surface area contributed by atoms with E-state index in [1.807, 2.05) is 6.07 Å². The normalized spacial score (nSPS) is 12.7. The molecule has 0 fully saturated rings. The number of nitrogens with zero attached hydrogens (tertiary/aromatic N) is 3. The number of carbonyl (C=O) groups excluding carboxylic acids is 1. The van der Waals surface area contributed by atoms with Crippen molar-refractivity contribution in [2.24, 2.45) is 0 Å². The van der Waals surface area contributed by atoms with Gasteiger partial charge in [-0.05, 0) is 18.6 Å². The molecule has 2 heterocycles. The number of quaternary nitrogens is 1. The third-order valence-corrected chi connectivity index (χ3v) is 5.10. The molecule has 0 aromatic carbocycles. The number of carbonyl (C=O) groups is 1. The summed E-state index contributed by atoms with van der Waals surface area (Å²) < 4.78 is 2.21. The first kappa shape index (κ1) is 18.7. The van der Waals surface area contributed by atoms with Gasteiger partial charge in [0.25, 0.3) is 0 Å². The molecule has 1 atom stereocenters. The molecule has 2 aromatic heterocycles. The minimum Gasteiger partial charge on any atom is -0.359 e. The molecule has 0 radical (unpaired) electrons. The van der Waals surface area contributed by atoms with Crippen molar-refractivity contribution in [3.8, 4) is 0 Å². The summed E-state index contributed by atoms with van der Waals surface area (Å²) in [6.07, 6.45) is 4.99. The van der Waals surface area contributed by atoms with E-state index in [1.54, 1.807) is 12.3 Å². The van der Waals surface area contributed by atoms with E-state index in [-0.39, 0.29) is 5.78 Å². The van der Waals surface area contributed by atoms with Gasteiger partial charge in [-0.1, -0.05) is 32.0 Å². The molecular weight excluding hydrogens is 322 g/mol. The molecule has 0 aliphatic rings. The number of ketones is 1. The molecule has 0 aliphatic heterocycles. The molecule has 132 valence electrons. The molecule has 2 aromatic rings. The molecule has 0 bridgehead atoms. The fourth-order valence-corrected chi connectivity index (χ4v) is 3.61. The zero-order valence-electron chi connectivity index (χ0n) is 15.0. The van der Waals surface area contributed by atoms with Crippen LogP contribution in [0.3, 0.4) is 0 Å². The van der Waals surface area contributed by atoms with Gasteiger partial charge in [-0.15, -0.1) is 10.2 Å². The SMILES string of the molecule is CCCCn1c(SCC(=O)c2ccc[nH]2)nnc1[C@H](CC)[NH+](C)C. The van der Waals surface area contributed by atoms with Gasteiger partial charge < -0.3 is 14.5 Å². The number of hydrogen-bond acceptors (Lipinski definition) is 4. The number of H-pyrrole nitrogens is 1. The topological polar surface area (TPSA) is 68.0 Å². The first-order chi connectivity index (χ1) is 11.6. The van der Waals surface area contributed by atoms with Gasteiger partial charge in [0.05, 0.1) is 25.5 Å². The Morgan fingerprint density at radius 1 is 1.38 bits per heavy atom. The Hall–Kier alpha value is -1.60. The van der Waals surface area contributed by atoms with Crippen molar-refractivity contribution in [1.82, 2.24) is 19.7 Å². The van der Waals surface area contributed by atoms with Crippen molar-refractivity contribution in [2.45, 2.75) is 50.9 Å². The number of thioether (sulfide) groups is 1. The maximum Gasteiger partial charge on any atom is 0.192 e. The summed E-state index contributed by atoms with van der Waals surface area (Å²) in [7, 11) is 4.29. The molecule has 24 heavy (non-hydrogen) atoms. The van der Waals surface area contributed by atoms with E-state index in [4.69, 9.17) is 0 Å². The van der Waals surface area contributed by atoms with E-state index < -0.39 is 0 Å². The van der Waals surface area contributed by atoms with Gasteiger partial charge in [0.2, 0.25) is 0 Å². The lowest BCUT2D eigenvalue weighted by Gasteiger charge is -2.20. The van der Waals surface area contributed by atoms with Crippen LogP contribution in [-0.2, 0) is 6.54 Å². The summed E-state index contributed by atoms with van der Waals surface area (Å²) in [5, 5.41) is 9.67. The molecule has 2 rings (SSSR count). The monoisotopic (exact) mass is 350 g/mol. The van der Waals surface area contributed by atoms with Crippen LogP contribution in [0.1, 0.15) is 55.5 Å². The van der Waals surface area contributed by atoms with Crippen molar-refractivity contribution < 1.29 is 9.69 Å². The maximum absolute atomic E-state index is 12.2. The van der Waals surface area contributed by atoms with Gasteiger partial charge in [0.15, 0.2) is 16.8 Å². The van der Waals surface area contributed by atoms with Crippen LogP contribution in [0.5, 0.6) is 0 Å². The third kappa shape index (κ3) is 4.48. The number of Topliss-reactive ketones (excluding diaryl/α,β-unsaturated/α-hetero) is 1. The Bertz CT molecular complexity index is 635.